The molecule has 4 aromatic rings. The average molecular weight is 504 g/mol. The summed E-state index contributed by atoms with van der Waals surface area (Å²) in [7, 11) is 1.83. The van der Waals surface area contributed by atoms with Crippen molar-refractivity contribution in [2.45, 2.75) is 31.5 Å². The number of urea groups is 1. The largest absolute Gasteiger partial charge is 0.333 e. The van der Waals surface area contributed by atoms with Crippen LogP contribution in [0, 0.1) is 18.6 Å². The van der Waals surface area contributed by atoms with Crippen LogP contribution in [0.2, 0.25) is 0 Å². The SMILES string of the molecule is C=C[C@@H]1C[C@@H](NC(=O)Nc2c(C)c(-c3cnn(C)c3)nn2-c2ccccc2)[C@H](c2ccc(F)c(F)c2)N1. The number of hydrogen-bond acceptors (Lipinski definition) is 4. The maximum absolute atomic E-state index is 13.9. The van der Waals surface area contributed by atoms with Crippen LogP contribution in [-0.4, -0.2) is 37.7 Å². The first-order valence-electron chi connectivity index (χ1n) is 11.9. The number of carbonyl (C=O) groups is 1. The predicted octanol–water partition coefficient (Wildman–Crippen LogP) is 4.64. The van der Waals surface area contributed by atoms with Crippen molar-refractivity contribution >= 4 is 11.8 Å². The Kier molecular flexibility index (Phi) is 6.58. The van der Waals surface area contributed by atoms with Crippen molar-refractivity contribution in [3.05, 3.63) is 96.3 Å². The van der Waals surface area contributed by atoms with Gasteiger partial charge in [-0.05, 0) is 43.2 Å². The van der Waals surface area contributed by atoms with Gasteiger partial charge >= 0.3 is 6.03 Å². The number of anilines is 1. The van der Waals surface area contributed by atoms with E-state index >= 15 is 0 Å². The third-order valence-electron chi connectivity index (χ3n) is 6.54. The fourth-order valence-corrected chi connectivity index (χ4v) is 4.69. The van der Waals surface area contributed by atoms with Crippen LogP contribution < -0.4 is 16.0 Å². The van der Waals surface area contributed by atoms with Gasteiger partial charge in [-0.15, -0.1) is 6.58 Å². The summed E-state index contributed by atoms with van der Waals surface area (Å²) in [5, 5.41) is 18.3. The molecule has 37 heavy (non-hydrogen) atoms. The lowest BCUT2D eigenvalue weighted by atomic mass is 10.00. The minimum atomic E-state index is -0.935. The minimum Gasteiger partial charge on any atom is -0.333 e. The Balaban J connectivity index is 1.43. The Morgan fingerprint density at radius 3 is 2.65 bits per heavy atom. The van der Waals surface area contributed by atoms with Crippen LogP contribution in [0.3, 0.4) is 0 Å². The van der Waals surface area contributed by atoms with Crippen LogP contribution in [0.4, 0.5) is 19.4 Å². The quantitative estimate of drug-likeness (QED) is 0.335. The second kappa shape index (κ2) is 9.98. The van der Waals surface area contributed by atoms with Gasteiger partial charge in [-0.1, -0.05) is 30.3 Å². The summed E-state index contributed by atoms with van der Waals surface area (Å²) in [6.07, 6.45) is 5.86. The third kappa shape index (κ3) is 4.88. The minimum absolute atomic E-state index is 0.0998. The summed E-state index contributed by atoms with van der Waals surface area (Å²) in [4.78, 5) is 13.3. The molecule has 2 aromatic heterocycles. The van der Waals surface area contributed by atoms with E-state index in [1.165, 1.54) is 6.07 Å². The van der Waals surface area contributed by atoms with E-state index in [4.69, 9.17) is 5.10 Å². The van der Waals surface area contributed by atoms with E-state index in [0.717, 1.165) is 28.9 Å². The first-order valence-corrected chi connectivity index (χ1v) is 11.9. The molecule has 1 aliphatic rings. The molecule has 1 fully saturated rings. The summed E-state index contributed by atoms with van der Waals surface area (Å²) in [5.41, 5.74) is 3.62. The van der Waals surface area contributed by atoms with Gasteiger partial charge in [-0.3, -0.25) is 10.00 Å². The Morgan fingerprint density at radius 2 is 1.97 bits per heavy atom. The highest BCUT2D eigenvalue weighted by atomic mass is 19.2. The summed E-state index contributed by atoms with van der Waals surface area (Å²) in [5.74, 6) is -1.34. The molecule has 2 aromatic carbocycles. The highest BCUT2D eigenvalue weighted by Gasteiger charge is 2.35. The smallest absolute Gasteiger partial charge is 0.320 e. The Morgan fingerprint density at radius 1 is 1.19 bits per heavy atom. The molecule has 5 rings (SSSR count). The van der Waals surface area contributed by atoms with Crippen molar-refractivity contribution in [3.63, 3.8) is 0 Å². The Labute approximate surface area is 213 Å². The van der Waals surface area contributed by atoms with E-state index in [1.807, 2.05) is 50.5 Å². The molecule has 3 atom stereocenters. The van der Waals surface area contributed by atoms with E-state index < -0.39 is 23.7 Å². The van der Waals surface area contributed by atoms with Gasteiger partial charge < -0.3 is 10.6 Å². The van der Waals surface area contributed by atoms with E-state index in [2.05, 4.69) is 27.6 Å². The number of aromatic nitrogens is 4. The average Bonchev–Trinajstić information content (AvgIpc) is 3.59. The highest BCUT2D eigenvalue weighted by Crippen LogP contribution is 2.31. The fraction of sp³-hybridized carbons (Fsp3) is 0.222. The molecule has 0 bridgehead atoms. The molecular formula is C27H27F2N7O. The van der Waals surface area contributed by atoms with E-state index in [-0.39, 0.29) is 12.1 Å². The lowest BCUT2D eigenvalue weighted by molar-refractivity contribution is 0.247. The van der Waals surface area contributed by atoms with Crippen LogP contribution in [0.25, 0.3) is 16.9 Å². The number of carbonyl (C=O) groups excluding carboxylic acids is 1. The standard InChI is InChI=1S/C27H27F2N7O/c1-4-19-13-23(25(31-19)17-10-11-21(28)22(29)12-17)32-27(37)33-26-16(2)24(18-14-30-35(3)15-18)34-36(26)20-8-6-5-7-9-20/h4-12,14-15,19,23,25,31H,1,13H2,2-3H3,(H2,32,33,37)/t19-,23-,25+/m1/s1. The monoisotopic (exact) mass is 503 g/mol. The van der Waals surface area contributed by atoms with Crippen molar-refractivity contribution in [1.82, 2.24) is 30.2 Å². The number of aryl methyl sites for hydroxylation is 1. The molecule has 190 valence electrons. The van der Waals surface area contributed by atoms with Gasteiger partial charge in [0.2, 0.25) is 0 Å². The normalized spacial score (nSPS) is 19.1. The molecule has 2 amide bonds. The fourth-order valence-electron chi connectivity index (χ4n) is 4.69. The maximum atomic E-state index is 13.9. The number of halogens is 2. The third-order valence-corrected chi connectivity index (χ3v) is 6.54. The number of benzene rings is 2. The first kappa shape index (κ1) is 24.4. The molecule has 3 heterocycles. The second-order valence-corrected chi connectivity index (χ2v) is 9.07. The number of nitrogens with one attached hydrogen (secondary N) is 3. The van der Waals surface area contributed by atoms with Crippen molar-refractivity contribution in [2.75, 3.05) is 5.32 Å². The van der Waals surface area contributed by atoms with Gasteiger partial charge in [0, 0.05) is 30.4 Å². The zero-order valence-corrected chi connectivity index (χ0v) is 20.5. The van der Waals surface area contributed by atoms with Gasteiger partial charge in [0.25, 0.3) is 0 Å². The lowest BCUT2D eigenvalue weighted by Crippen LogP contribution is -2.41. The number of amides is 2. The van der Waals surface area contributed by atoms with Gasteiger partial charge in [-0.2, -0.15) is 10.2 Å². The van der Waals surface area contributed by atoms with E-state index in [9.17, 15) is 13.6 Å². The molecule has 0 spiro atoms. The van der Waals surface area contributed by atoms with Crippen LogP contribution in [-0.2, 0) is 7.05 Å². The molecule has 8 nitrogen and oxygen atoms in total. The van der Waals surface area contributed by atoms with Crippen molar-refractivity contribution in [2.24, 2.45) is 7.05 Å². The second-order valence-electron chi connectivity index (χ2n) is 9.07. The Hall–Kier alpha value is -4.31. The van der Waals surface area contributed by atoms with Gasteiger partial charge in [0.1, 0.15) is 11.5 Å². The summed E-state index contributed by atoms with van der Waals surface area (Å²) < 4.78 is 30.8. The van der Waals surface area contributed by atoms with Crippen LogP contribution >= 0.6 is 0 Å². The summed E-state index contributed by atoms with van der Waals surface area (Å²) in [6.45, 7) is 5.72. The van der Waals surface area contributed by atoms with E-state index in [1.54, 1.807) is 21.6 Å². The number of nitrogens with zero attached hydrogens (tertiary/aromatic N) is 4. The Bertz CT molecular complexity index is 1450. The zero-order chi connectivity index (χ0) is 26.1. The molecule has 1 aliphatic heterocycles. The molecule has 0 unspecified atom stereocenters. The molecule has 10 heteroatoms. The van der Waals surface area contributed by atoms with Crippen LogP contribution in [0.5, 0.6) is 0 Å². The molecule has 0 aliphatic carbocycles. The number of hydrogen-bond donors (Lipinski definition) is 3. The van der Waals surface area contributed by atoms with E-state index in [0.29, 0.717) is 23.5 Å². The van der Waals surface area contributed by atoms with Crippen molar-refractivity contribution < 1.29 is 13.6 Å². The highest BCUT2D eigenvalue weighted by molar-refractivity contribution is 5.91. The number of para-hydroxylation sites is 1. The topological polar surface area (TPSA) is 88.8 Å². The maximum Gasteiger partial charge on any atom is 0.320 e. The molecular weight excluding hydrogens is 476 g/mol. The molecule has 3 N–H and O–H groups in total. The van der Waals surface area contributed by atoms with Gasteiger partial charge in [0.05, 0.1) is 24.0 Å². The van der Waals surface area contributed by atoms with Gasteiger partial charge in [0.15, 0.2) is 11.6 Å². The zero-order valence-electron chi connectivity index (χ0n) is 20.5. The van der Waals surface area contributed by atoms with Crippen LogP contribution in [0.15, 0.2) is 73.6 Å². The predicted molar refractivity (Wildman–Crippen MR) is 137 cm³/mol. The van der Waals surface area contributed by atoms with Crippen molar-refractivity contribution in [3.8, 4) is 16.9 Å². The van der Waals surface area contributed by atoms with Gasteiger partial charge in [-0.25, -0.2) is 18.3 Å². The van der Waals surface area contributed by atoms with Crippen molar-refractivity contribution in [1.29, 1.82) is 0 Å². The molecule has 0 radical (unpaired) electrons. The first-order chi connectivity index (χ1) is 17.8. The number of rotatable bonds is 6. The van der Waals surface area contributed by atoms with Crippen LogP contribution in [0.1, 0.15) is 23.6 Å². The molecule has 1 saturated heterocycles. The lowest BCUT2D eigenvalue weighted by Gasteiger charge is -2.22. The summed E-state index contributed by atoms with van der Waals surface area (Å²) >= 11 is 0. The molecule has 0 saturated carbocycles. The summed E-state index contributed by atoms with van der Waals surface area (Å²) in [6, 6.07) is 11.9.